The number of benzene rings is 1. The van der Waals surface area contributed by atoms with E-state index >= 15 is 0 Å². The van der Waals surface area contributed by atoms with E-state index < -0.39 is 5.97 Å². The van der Waals surface area contributed by atoms with Gasteiger partial charge >= 0.3 is 5.97 Å². The van der Waals surface area contributed by atoms with Gasteiger partial charge in [0.15, 0.2) is 11.6 Å². The van der Waals surface area contributed by atoms with Crippen LogP contribution in [-0.4, -0.2) is 71.3 Å². The number of hydrogen-bond acceptors (Lipinski definition) is 8. The molecule has 11 nitrogen and oxygen atoms in total. The van der Waals surface area contributed by atoms with Gasteiger partial charge in [-0.3, -0.25) is 4.79 Å². The number of carbonyl (C=O) groups excluding carboxylic acids is 1. The van der Waals surface area contributed by atoms with Crippen LogP contribution in [0.25, 0.3) is 10.6 Å². The summed E-state index contributed by atoms with van der Waals surface area (Å²) in [5, 5.41) is 16.8. The minimum atomic E-state index is -1.08. The number of nitrogens with zero attached hydrogens (tertiary/aromatic N) is 6. The predicted octanol–water partition coefficient (Wildman–Crippen LogP) is 6.38. The SMILES string of the molecule is CC(C)N1CCC(NC(=O)c2nccn2CCc2ccc(Cl)cc2)CC1.O=C(O)c1nccn1Cc1cc(-c2ccc(Cl)s2)on1. The Kier molecular flexibility index (Phi) is 11.3. The number of aryl methyl sites for hydroxylation is 2. The molecule has 1 fully saturated rings. The highest BCUT2D eigenvalue weighted by molar-refractivity contribution is 7.19. The highest BCUT2D eigenvalue weighted by Crippen LogP contribution is 2.31. The number of rotatable bonds is 10. The van der Waals surface area contributed by atoms with E-state index in [1.54, 1.807) is 24.5 Å². The van der Waals surface area contributed by atoms with Crippen LogP contribution in [0.3, 0.4) is 0 Å². The van der Waals surface area contributed by atoms with Gasteiger partial charge in [0.05, 0.1) is 15.8 Å². The zero-order chi connectivity index (χ0) is 32.6. The first-order valence-corrected chi connectivity index (χ1v) is 16.5. The normalized spacial score (nSPS) is 13.8. The number of carboxylic acid groups (broad SMARTS) is 1. The van der Waals surface area contributed by atoms with Crippen LogP contribution in [0.1, 0.15) is 59.2 Å². The molecule has 0 radical (unpaired) electrons. The van der Waals surface area contributed by atoms with Gasteiger partial charge in [-0.2, -0.15) is 0 Å². The van der Waals surface area contributed by atoms with Crippen LogP contribution in [0.2, 0.25) is 9.36 Å². The van der Waals surface area contributed by atoms with E-state index in [1.807, 2.05) is 41.1 Å². The summed E-state index contributed by atoms with van der Waals surface area (Å²) < 4.78 is 9.32. The number of likely N-dealkylation sites (tertiary alicyclic amines) is 1. The van der Waals surface area contributed by atoms with Crippen LogP contribution >= 0.6 is 34.5 Å². The van der Waals surface area contributed by atoms with Crippen molar-refractivity contribution in [2.45, 2.75) is 58.3 Å². The molecule has 0 spiro atoms. The maximum Gasteiger partial charge on any atom is 0.372 e. The lowest BCUT2D eigenvalue weighted by atomic mass is 10.0. The van der Waals surface area contributed by atoms with E-state index in [4.69, 9.17) is 32.8 Å². The number of thiophene rings is 1. The van der Waals surface area contributed by atoms with Crippen molar-refractivity contribution in [3.05, 3.63) is 99.5 Å². The van der Waals surface area contributed by atoms with Crippen molar-refractivity contribution in [2.75, 3.05) is 13.1 Å². The molecule has 6 rings (SSSR count). The first-order chi connectivity index (χ1) is 22.2. The number of hydrogen-bond donors (Lipinski definition) is 2. The number of piperidine rings is 1. The van der Waals surface area contributed by atoms with Crippen LogP contribution in [0.15, 0.2) is 71.8 Å². The number of aromatic nitrogens is 5. The second-order valence-corrected chi connectivity index (χ2v) is 13.3. The molecule has 242 valence electrons. The lowest BCUT2D eigenvalue weighted by Gasteiger charge is -2.34. The first kappa shape index (κ1) is 33.4. The first-order valence-electron chi connectivity index (χ1n) is 14.9. The summed E-state index contributed by atoms with van der Waals surface area (Å²) in [6.45, 7) is 7.51. The second-order valence-electron chi connectivity index (χ2n) is 11.2. The van der Waals surface area contributed by atoms with Gasteiger partial charge in [-0.25, -0.2) is 14.8 Å². The summed E-state index contributed by atoms with van der Waals surface area (Å²) in [6, 6.07) is 14.0. The van der Waals surface area contributed by atoms with Gasteiger partial charge in [-0.1, -0.05) is 40.5 Å². The molecule has 1 amide bonds. The molecule has 1 aromatic carbocycles. The van der Waals surface area contributed by atoms with Crippen LogP contribution in [-0.2, 0) is 19.5 Å². The molecule has 0 unspecified atom stereocenters. The number of carboxylic acids is 1. The van der Waals surface area contributed by atoms with Crippen LogP contribution < -0.4 is 5.32 Å². The maximum absolute atomic E-state index is 12.6. The van der Waals surface area contributed by atoms with Crippen molar-refractivity contribution >= 4 is 46.4 Å². The fraction of sp³-hybridized carbons (Fsp3) is 0.344. The Morgan fingerprint density at radius 3 is 2.37 bits per heavy atom. The van der Waals surface area contributed by atoms with E-state index in [9.17, 15) is 9.59 Å². The molecule has 1 saturated heterocycles. The summed E-state index contributed by atoms with van der Waals surface area (Å²) in [5.74, 6) is -0.0919. The number of nitrogens with one attached hydrogen (secondary N) is 1. The van der Waals surface area contributed by atoms with Crippen LogP contribution in [0.5, 0.6) is 0 Å². The van der Waals surface area contributed by atoms with Crippen molar-refractivity contribution in [3.63, 3.8) is 0 Å². The Morgan fingerprint density at radius 2 is 1.72 bits per heavy atom. The van der Waals surface area contributed by atoms with Gasteiger partial charge in [0.2, 0.25) is 5.82 Å². The Hall–Kier alpha value is -3.97. The van der Waals surface area contributed by atoms with Crippen LogP contribution in [0, 0.1) is 0 Å². The average Bonchev–Trinajstić information content (AvgIpc) is 3.86. The van der Waals surface area contributed by atoms with E-state index in [-0.39, 0.29) is 24.3 Å². The molecule has 0 aliphatic carbocycles. The number of carbonyl (C=O) groups is 2. The summed E-state index contributed by atoms with van der Waals surface area (Å²) in [7, 11) is 0. The zero-order valence-corrected chi connectivity index (χ0v) is 27.8. The molecule has 1 aliphatic heterocycles. The van der Waals surface area contributed by atoms with Crippen molar-refractivity contribution in [2.24, 2.45) is 0 Å². The number of halogens is 2. The molecule has 0 bridgehead atoms. The lowest BCUT2D eigenvalue weighted by Crippen LogP contribution is -2.47. The van der Waals surface area contributed by atoms with E-state index in [2.05, 4.69) is 39.2 Å². The lowest BCUT2D eigenvalue weighted by molar-refractivity contribution is 0.0678. The van der Waals surface area contributed by atoms with Gasteiger partial charge in [0.1, 0.15) is 5.69 Å². The monoisotopic (exact) mass is 683 g/mol. The van der Waals surface area contributed by atoms with Gasteiger partial charge < -0.3 is 29.0 Å². The number of imidazole rings is 2. The second kappa shape index (κ2) is 15.5. The van der Waals surface area contributed by atoms with Crippen molar-refractivity contribution in [3.8, 4) is 10.6 Å². The largest absolute Gasteiger partial charge is 0.475 e. The maximum atomic E-state index is 12.6. The third kappa shape index (κ3) is 8.85. The molecular formula is C32H35Cl2N7O4S. The minimum Gasteiger partial charge on any atom is -0.475 e. The highest BCUT2D eigenvalue weighted by Gasteiger charge is 2.24. The van der Waals surface area contributed by atoms with Crippen molar-refractivity contribution < 1.29 is 19.2 Å². The molecule has 1 aliphatic rings. The molecule has 4 aromatic heterocycles. The summed E-state index contributed by atoms with van der Waals surface area (Å²) in [6.07, 6.45) is 9.40. The summed E-state index contributed by atoms with van der Waals surface area (Å²) in [5.41, 5.74) is 1.81. The predicted molar refractivity (Wildman–Crippen MR) is 178 cm³/mol. The Balaban J connectivity index is 0.000000187. The van der Waals surface area contributed by atoms with Gasteiger partial charge in [-0.15, -0.1) is 11.3 Å². The number of aromatic carboxylic acids is 1. The topological polar surface area (TPSA) is 131 Å². The van der Waals surface area contributed by atoms with Crippen molar-refractivity contribution in [1.82, 2.24) is 34.5 Å². The average molecular weight is 685 g/mol. The molecule has 0 saturated carbocycles. The fourth-order valence-electron chi connectivity index (χ4n) is 5.17. The Morgan fingerprint density at radius 1 is 1.02 bits per heavy atom. The van der Waals surface area contributed by atoms with Crippen LogP contribution in [0.4, 0.5) is 0 Å². The molecule has 5 heterocycles. The third-order valence-corrected chi connectivity index (χ3v) is 9.18. The Labute approximate surface area is 280 Å². The molecule has 5 aromatic rings. The molecule has 0 atom stereocenters. The van der Waals surface area contributed by atoms with Crippen molar-refractivity contribution in [1.29, 1.82) is 0 Å². The summed E-state index contributed by atoms with van der Waals surface area (Å²) >= 11 is 13.2. The Bertz CT molecular complexity index is 1740. The molecule has 2 N–H and O–H groups in total. The molecule has 14 heteroatoms. The number of amides is 1. The van der Waals surface area contributed by atoms with Gasteiger partial charge in [-0.05, 0) is 62.9 Å². The molecular weight excluding hydrogens is 649 g/mol. The standard InChI is InChI=1S/C20H27ClN4O.C12H8ClN3O3S/c1-15(2)24-12-8-18(9-13-24)23-20(26)19-22-10-14-25(19)11-7-16-3-5-17(21)6-4-16;13-10-2-1-9(20-10)8-5-7(15-19-8)6-16-4-3-14-11(16)12(17)18/h3-6,10,14-15,18H,7-9,11-13H2,1-2H3,(H,23,26);1-5H,6H2,(H,17,18). The smallest absolute Gasteiger partial charge is 0.372 e. The third-order valence-electron chi connectivity index (χ3n) is 7.68. The van der Waals surface area contributed by atoms with E-state index in [0.29, 0.717) is 27.7 Å². The minimum absolute atomic E-state index is 0.0336. The summed E-state index contributed by atoms with van der Waals surface area (Å²) in [4.78, 5) is 35.0. The van der Waals surface area contributed by atoms with E-state index in [1.165, 1.54) is 27.7 Å². The fourth-order valence-corrected chi connectivity index (χ4v) is 6.29. The quantitative estimate of drug-likeness (QED) is 0.173. The van der Waals surface area contributed by atoms with E-state index in [0.717, 1.165) is 48.8 Å². The van der Waals surface area contributed by atoms with Gasteiger partial charge in [0, 0.05) is 67.6 Å². The molecule has 46 heavy (non-hydrogen) atoms. The highest BCUT2D eigenvalue weighted by atomic mass is 35.5. The van der Waals surface area contributed by atoms with Gasteiger partial charge in [0.25, 0.3) is 5.91 Å². The zero-order valence-electron chi connectivity index (χ0n) is 25.5.